The summed E-state index contributed by atoms with van der Waals surface area (Å²) in [4.78, 5) is 36.1. The van der Waals surface area contributed by atoms with E-state index in [-0.39, 0.29) is 36.9 Å². The fraction of sp³-hybridized carbons (Fsp3) is 0.462. The van der Waals surface area contributed by atoms with E-state index in [2.05, 4.69) is 15.9 Å². The minimum Gasteiger partial charge on any atom is -0.466 e. The molecule has 0 fully saturated rings. The average Bonchev–Trinajstić information content (AvgIpc) is 2.40. The van der Waals surface area contributed by atoms with E-state index < -0.39 is 0 Å². The van der Waals surface area contributed by atoms with E-state index in [1.54, 1.807) is 26.2 Å². The molecule has 0 N–H and O–H groups in total. The lowest BCUT2D eigenvalue weighted by Gasteiger charge is -2.17. The Morgan fingerprint density at radius 3 is 2.75 bits per heavy atom. The van der Waals surface area contributed by atoms with Crippen molar-refractivity contribution in [2.75, 3.05) is 20.2 Å². The van der Waals surface area contributed by atoms with Crippen molar-refractivity contribution in [3.05, 3.63) is 33.2 Å². The Balaban J connectivity index is 2.55. The van der Waals surface area contributed by atoms with Gasteiger partial charge in [-0.25, -0.2) is 0 Å². The van der Waals surface area contributed by atoms with Gasteiger partial charge in [-0.05, 0) is 28.9 Å². The van der Waals surface area contributed by atoms with Crippen molar-refractivity contribution < 1.29 is 14.3 Å². The third kappa shape index (κ3) is 5.16. The van der Waals surface area contributed by atoms with Crippen LogP contribution in [0.5, 0.6) is 0 Å². The van der Waals surface area contributed by atoms with Crippen LogP contribution in [-0.4, -0.2) is 41.5 Å². The SMILES string of the molecule is CCOC(=O)CCN(C)C(=O)Cn1cc(Br)ccc1=O. The molecule has 0 aliphatic rings. The zero-order chi connectivity index (χ0) is 15.1. The van der Waals surface area contributed by atoms with Crippen LogP contribution in [-0.2, 0) is 20.9 Å². The first-order valence-electron chi connectivity index (χ1n) is 6.19. The Morgan fingerprint density at radius 1 is 1.40 bits per heavy atom. The second kappa shape index (κ2) is 7.84. The van der Waals surface area contributed by atoms with Gasteiger partial charge in [-0.2, -0.15) is 0 Å². The van der Waals surface area contributed by atoms with Gasteiger partial charge in [0.15, 0.2) is 0 Å². The number of amides is 1. The first-order valence-corrected chi connectivity index (χ1v) is 6.99. The number of carbonyl (C=O) groups excluding carboxylic acids is 2. The molecular weight excluding hydrogens is 328 g/mol. The van der Waals surface area contributed by atoms with Crippen LogP contribution in [0, 0.1) is 0 Å². The van der Waals surface area contributed by atoms with Crippen LogP contribution in [0.2, 0.25) is 0 Å². The molecule has 1 heterocycles. The van der Waals surface area contributed by atoms with Gasteiger partial charge in [-0.15, -0.1) is 0 Å². The Bertz CT molecular complexity index is 541. The second-order valence-electron chi connectivity index (χ2n) is 4.18. The van der Waals surface area contributed by atoms with Gasteiger partial charge in [0.25, 0.3) is 5.56 Å². The lowest BCUT2D eigenvalue weighted by atomic mass is 10.3. The number of pyridine rings is 1. The summed E-state index contributed by atoms with van der Waals surface area (Å²) in [5.74, 6) is -0.582. The van der Waals surface area contributed by atoms with Crippen LogP contribution >= 0.6 is 15.9 Å². The minimum atomic E-state index is -0.341. The molecule has 0 aromatic carbocycles. The van der Waals surface area contributed by atoms with Crippen molar-refractivity contribution in [2.45, 2.75) is 19.9 Å². The van der Waals surface area contributed by atoms with Crippen molar-refractivity contribution in [1.82, 2.24) is 9.47 Å². The smallest absolute Gasteiger partial charge is 0.307 e. The summed E-state index contributed by atoms with van der Waals surface area (Å²) >= 11 is 3.24. The average molecular weight is 345 g/mol. The molecule has 1 rings (SSSR count). The number of likely N-dealkylation sites (N-methyl/N-ethyl adjacent to an activating group) is 1. The van der Waals surface area contributed by atoms with Crippen molar-refractivity contribution in [3.8, 4) is 0 Å². The third-order valence-electron chi connectivity index (χ3n) is 2.64. The van der Waals surface area contributed by atoms with Crippen LogP contribution in [0.3, 0.4) is 0 Å². The Kier molecular flexibility index (Phi) is 6.44. The molecule has 0 atom stereocenters. The molecule has 0 unspecified atom stereocenters. The highest BCUT2D eigenvalue weighted by atomic mass is 79.9. The second-order valence-corrected chi connectivity index (χ2v) is 5.10. The molecule has 1 aromatic rings. The van der Waals surface area contributed by atoms with Crippen molar-refractivity contribution in [1.29, 1.82) is 0 Å². The van der Waals surface area contributed by atoms with E-state index in [1.807, 2.05) is 0 Å². The van der Waals surface area contributed by atoms with Crippen molar-refractivity contribution in [2.24, 2.45) is 0 Å². The van der Waals surface area contributed by atoms with Crippen LogP contribution in [0.1, 0.15) is 13.3 Å². The fourth-order valence-electron chi connectivity index (χ4n) is 1.51. The number of halogens is 1. The van der Waals surface area contributed by atoms with Gasteiger partial charge in [0.2, 0.25) is 5.91 Å². The zero-order valence-electron chi connectivity index (χ0n) is 11.5. The molecule has 20 heavy (non-hydrogen) atoms. The topological polar surface area (TPSA) is 68.6 Å². The molecule has 0 saturated heterocycles. The molecule has 110 valence electrons. The number of ether oxygens (including phenoxy) is 1. The fourth-order valence-corrected chi connectivity index (χ4v) is 1.89. The number of aromatic nitrogens is 1. The molecule has 1 aromatic heterocycles. The maximum atomic E-state index is 11.9. The quantitative estimate of drug-likeness (QED) is 0.722. The molecule has 0 bridgehead atoms. The first kappa shape index (κ1) is 16.4. The first-order chi connectivity index (χ1) is 9.43. The molecule has 0 aliphatic carbocycles. The summed E-state index contributed by atoms with van der Waals surface area (Å²) < 4.78 is 6.82. The highest BCUT2D eigenvalue weighted by Gasteiger charge is 2.12. The molecule has 0 saturated carbocycles. The number of carbonyl (C=O) groups is 2. The van der Waals surface area contributed by atoms with Crippen molar-refractivity contribution in [3.63, 3.8) is 0 Å². The Hall–Kier alpha value is -1.63. The van der Waals surface area contributed by atoms with Gasteiger partial charge in [0.05, 0.1) is 13.0 Å². The number of hydrogen-bond acceptors (Lipinski definition) is 4. The highest BCUT2D eigenvalue weighted by Crippen LogP contribution is 2.05. The van der Waals surface area contributed by atoms with E-state index in [0.29, 0.717) is 6.61 Å². The molecular formula is C13H17BrN2O4. The van der Waals surface area contributed by atoms with E-state index in [1.165, 1.54) is 15.5 Å². The summed E-state index contributed by atoms with van der Waals surface area (Å²) in [5, 5.41) is 0. The Labute approximate surface area is 125 Å². The lowest BCUT2D eigenvalue weighted by Crippen LogP contribution is -2.35. The largest absolute Gasteiger partial charge is 0.466 e. The predicted octanol–water partition coefficient (Wildman–Crippen LogP) is 1.02. The van der Waals surface area contributed by atoms with Crippen LogP contribution < -0.4 is 5.56 Å². The van der Waals surface area contributed by atoms with Crippen LogP contribution in [0.4, 0.5) is 0 Å². The standard InChI is InChI=1S/C13H17BrN2O4/c1-3-20-13(19)6-7-15(2)12(18)9-16-8-10(14)4-5-11(16)17/h4-5,8H,3,6-7,9H2,1-2H3. The lowest BCUT2D eigenvalue weighted by molar-refractivity contribution is -0.143. The van der Waals surface area contributed by atoms with E-state index in [4.69, 9.17) is 4.74 Å². The number of esters is 1. The summed E-state index contributed by atoms with van der Waals surface area (Å²) in [7, 11) is 1.59. The van der Waals surface area contributed by atoms with Gasteiger partial charge < -0.3 is 14.2 Å². The van der Waals surface area contributed by atoms with Gasteiger partial charge in [0.1, 0.15) is 6.54 Å². The number of nitrogens with zero attached hydrogens (tertiary/aromatic N) is 2. The van der Waals surface area contributed by atoms with E-state index >= 15 is 0 Å². The molecule has 0 aliphatic heterocycles. The number of hydrogen-bond donors (Lipinski definition) is 0. The van der Waals surface area contributed by atoms with E-state index in [0.717, 1.165) is 4.47 Å². The minimum absolute atomic E-state index is 0.0579. The normalized spacial score (nSPS) is 10.2. The summed E-state index contributed by atoms with van der Waals surface area (Å²) in [6.45, 7) is 2.26. The highest BCUT2D eigenvalue weighted by molar-refractivity contribution is 9.10. The Morgan fingerprint density at radius 2 is 2.10 bits per heavy atom. The van der Waals surface area contributed by atoms with Gasteiger partial charge in [-0.3, -0.25) is 14.4 Å². The molecule has 7 heteroatoms. The van der Waals surface area contributed by atoms with Crippen molar-refractivity contribution >= 4 is 27.8 Å². The molecule has 0 radical (unpaired) electrons. The number of rotatable bonds is 6. The maximum absolute atomic E-state index is 11.9. The predicted molar refractivity (Wildman–Crippen MR) is 77.3 cm³/mol. The molecule has 6 nitrogen and oxygen atoms in total. The molecule has 1 amide bonds. The van der Waals surface area contributed by atoms with Crippen LogP contribution in [0.25, 0.3) is 0 Å². The van der Waals surface area contributed by atoms with E-state index in [9.17, 15) is 14.4 Å². The van der Waals surface area contributed by atoms with Crippen LogP contribution in [0.15, 0.2) is 27.6 Å². The summed E-state index contributed by atoms with van der Waals surface area (Å²) in [6, 6.07) is 3.00. The van der Waals surface area contributed by atoms with Gasteiger partial charge in [-0.1, -0.05) is 0 Å². The van der Waals surface area contributed by atoms with Gasteiger partial charge in [0, 0.05) is 30.3 Å². The molecule has 0 spiro atoms. The maximum Gasteiger partial charge on any atom is 0.307 e. The van der Waals surface area contributed by atoms with Gasteiger partial charge >= 0.3 is 5.97 Å². The monoisotopic (exact) mass is 344 g/mol. The summed E-state index contributed by atoms with van der Waals surface area (Å²) in [6.07, 6.45) is 1.70. The third-order valence-corrected chi connectivity index (χ3v) is 3.10. The zero-order valence-corrected chi connectivity index (χ0v) is 13.1. The summed E-state index contributed by atoms with van der Waals surface area (Å²) in [5.41, 5.74) is -0.250.